The molecule has 1 aromatic heterocycles. The van der Waals surface area contributed by atoms with E-state index in [9.17, 15) is 23.7 Å². The number of aromatic nitrogens is 1. The molecule has 0 fully saturated rings. The fourth-order valence-electron chi connectivity index (χ4n) is 2.62. The quantitative estimate of drug-likeness (QED) is 0.287. The third-order valence-electron chi connectivity index (χ3n) is 4.14. The third-order valence-corrected chi connectivity index (χ3v) is 4.39. The number of hydrogen-bond donors (Lipinski definition) is 1. The first kappa shape index (κ1) is 24.4. The molecule has 0 amide bonds. The number of alkyl halides is 3. The SMILES string of the molecule is [N-]=C(C(=[C-]c1ccc(Cl)cc1)C(O)c1cccnc1)c1ccc(C(F)(F)F)cc1.[U+2]. The first-order valence-electron chi connectivity index (χ1n) is 8.47. The number of aliphatic hydroxyl groups excluding tert-OH is 1. The summed E-state index contributed by atoms with van der Waals surface area (Å²) in [5.74, 6) is 0. The standard InChI is InChI=1S/C22H14ClF3N2O.U/c23-18-9-3-14(4-10-18)12-19(21(29)16-2-1-11-28-13-16)20(27)15-5-7-17(8-6-15)22(24,25)26;/h1-11,13,21,29H;/q-2;+2. The average Bonchev–Trinajstić information content (AvgIpc) is 2.72. The zero-order chi connectivity index (χ0) is 21.0. The number of rotatable bonds is 5. The van der Waals surface area contributed by atoms with Gasteiger partial charge < -0.3 is 10.5 Å². The van der Waals surface area contributed by atoms with Gasteiger partial charge in [-0.2, -0.15) is 13.2 Å². The van der Waals surface area contributed by atoms with E-state index in [2.05, 4.69) is 11.1 Å². The molecular weight excluding hydrogens is 639 g/mol. The average molecular weight is 653 g/mol. The predicted molar refractivity (Wildman–Crippen MR) is 105 cm³/mol. The predicted octanol–water partition coefficient (Wildman–Crippen LogP) is 5.62. The molecular formula is C22H14ClF3N2OU. The summed E-state index contributed by atoms with van der Waals surface area (Å²) in [6, 6.07) is 13.7. The molecule has 0 spiro atoms. The summed E-state index contributed by atoms with van der Waals surface area (Å²) < 4.78 is 38.4. The summed E-state index contributed by atoms with van der Waals surface area (Å²) in [6.45, 7) is 0. The van der Waals surface area contributed by atoms with Crippen LogP contribution in [0.2, 0.25) is 5.02 Å². The zero-order valence-electron chi connectivity index (χ0n) is 15.4. The van der Waals surface area contributed by atoms with Gasteiger partial charge in [0.05, 0.1) is 11.7 Å². The molecule has 8 heteroatoms. The molecule has 30 heavy (non-hydrogen) atoms. The summed E-state index contributed by atoms with van der Waals surface area (Å²) in [6.07, 6.45) is 0.0805. The van der Waals surface area contributed by atoms with Crippen molar-refractivity contribution in [2.45, 2.75) is 12.3 Å². The van der Waals surface area contributed by atoms with E-state index < -0.39 is 23.6 Å². The first-order valence-corrected chi connectivity index (χ1v) is 8.85. The minimum Gasteiger partial charge on any atom is -0.854 e. The number of halogens is 4. The van der Waals surface area contributed by atoms with Crippen molar-refractivity contribution in [1.29, 1.82) is 0 Å². The van der Waals surface area contributed by atoms with Gasteiger partial charge in [-0.05, 0) is 6.07 Å². The first-order chi connectivity index (χ1) is 13.8. The van der Waals surface area contributed by atoms with E-state index in [4.69, 9.17) is 11.6 Å². The summed E-state index contributed by atoms with van der Waals surface area (Å²) in [5, 5.41) is 22.0. The third kappa shape index (κ3) is 6.05. The van der Waals surface area contributed by atoms with Crippen molar-refractivity contribution in [2.75, 3.05) is 0 Å². The molecule has 3 aromatic rings. The van der Waals surface area contributed by atoms with E-state index >= 15 is 0 Å². The number of nitrogens with zero attached hydrogens (tertiary/aromatic N) is 2. The molecule has 150 valence electrons. The Morgan fingerprint density at radius 3 is 2.20 bits per heavy atom. The van der Waals surface area contributed by atoms with E-state index in [0.29, 0.717) is 16.1 Å². The van der Waals surface area contributed by atoms with Crippen molar-refractivity contribution in [1.82, 2.24) is 4.98 Å². The molecule has 3 nitrogen and oxygen atoms in total. The van der Waals surface area contributed by atoms with Crippen LogP contribution in [0.5, 0.6) is 0 Å². The molecule has 0 aliphatic heterocycles. The van der Waals surface area contributed by atoms with Gasteiger partial charge >= 0.3 is 37.3 Å². The Morgan fingerprint density at radius 2 is 1.67 bits per heavy atom. The zero-order valence-corrected chi connectivity index (χ0v) is 20.3. The fourth-order valence-corrected chi connectivity index (χ4v) is 2.75. The van der Waals surface area contributed by atoms with E-state index in [1.54, 1.807) is 36.4 Å². The van der Waals surface area contributed by atoms with Gasteiger partial charge in [0.2, 0.25) is 0 Å². The van der Waals surface area contributed by atoms with E-state index in [1.807, 2.05) is 0 Å². The van der Waals surface area contributed by atoms with E-state index in [-0.39, 0.29) is 42.2 Å². The Balaban J connectivity index is 0.00000320. The second-order valence-electron chi connectivity index (χ2n) is 6.16. The van der Waals surface area contributed by atoms with Gasteiger partial charge in [0.25, 0.3) is 0 Å². The molecule has 1 atom stereocenters. The topological polar surface area (TPSA) is 55.4 Å². The van der Waals surface area contributed by atoms with Crippen molar-refractivity contribution in [2.24, 2.45) is 0 Å². The smallest absolute Gasteiger partial charge is 0.854 e. The van der Waals surface area contributed by atoms with Crippen molar-refractivity contribution in [3.63, 3.8) is 0 Å². The van der Waals surface area contributed by atoms with Crippen LogP contribution in [-0.4, -0.2) is 15.8 Å². The monoisotopic (exact) mass is 652 g/mol. The molecule has 0 saturated carbocycles. The molecule has 1 heterocycles. The van der Waals surface area contributed by atoms with Crippen LogP contribution in [0.15, 0.2) is 78.6 Å². The summed E-state index contributed by atoms with van der Waals surface area (Å²) >= 11 is 5.88. The van der Waals surface area contributed by atoms with Crippen molar-refractivity contribution in [3.05, 3.63) is 117 Å². The molecule has 3 rings (SSSR count). The molecule has 2 aromatic carbocycles. The van der Waals surface area contributed by atoms with Crippen LogP contribution in [0, 0.1) is 37.2 Å². The largest absolute Gasteiger partial charge is 2.00 e. The Morgan fingerprint density at radius 1 is 1.03 bits per heavy atom. The molecule has 0 bridgehead atoms. The summed E-state index contributed by atoms with van der Waals surface area (Å²) in [5.41, 5.74) is -0.232. The van der Waals surface area contributed by atoms with Gasteiger partial charge in [-0.3, -0.25) is 4.98 Å². The van der Waals surface area contributed by atoms with Crippen LogP contribution in [0.25, 0.3) is 5.41 Å². The van der Waals surface area contributed by atoms with Crippen molar-refractivity contribution in [3.8, 4) is 0 Å². The van der Waals surface area contributed by atoms with Gasteiger partial charge in [-0.25, -0.2) is 5.71 Å². The van der Waals surface area contributed by atoms with Gasteiger partial charge in [0, 0.05) is 23.0 Å². The summed E-state index contributed by atoms with van der Waals surface area (Å²) in [7, 11) is 0. The normalized spacial score (nSPS) is 12.8. The minimum atomic E-state index is -4.49. The molecule has 1 N–H and O–H groups in total. The maximum Gasteiger partial charge on any atom is 2.00 e. The van der Waals surface area contributed by atoms with Crippen molar-refractivity contribution >= 4 is 17.3 Å². The summed E-state index contributed by atoms with van der Waals surface area (Å²) in [4.78, 5) is 3.94. The number of aliphatic hydroxyl groups is 1. The number of benzene rings is 2. The number of pyridine rings is 1. The van der Waals surface area contributed by atoms with Crippen LogP contribution in [0.1, 0.15) is 28.4 Å². The molecule has 0 radical (unpaired) electrons. The Labute approximate surface area is 200 Å². The van der Waals surface area contributed by atoms with Crippen molar-refractivity contribution < 1.29 is 49.4 Å². The Hall–Kier alpha value is -1.91. The maximum absolute atomic E-state index is 12.8. The van der Waals surface area contributed by atoms with Crippen LogP contribution < -0.4 is 0 Å². The van der Waals surface area contributed by atoms with Crippen LogP contribution in [0.3, 0.4) is 0 Å². The van der Waals surface area contributed by atoms with E-state index in [1.165, 1.54) is 12.4 Å². The second-order valence-corrected chi connectivity index (χ2v) is 6.59. The second kappa shape index (κ2) is 10.4. The van der Waals surface area contributed by atoms with E-state index in [0.717, 1.165) is 24.3 Å². The minimum absolute atomic E-state index is 0. The van der Waals surface area contributed by atoms with Gasteiger partial charge in [0.1, 0.15) is 0 Å². The number of hydrogen-bond acceptors (Lipinski definition) is 2. The Kier molecular flexibility index (Phi) is 8.45. The maximum atomic E-state index is 12.8. The van der Waals surface area contributed by atoms with Crippen LogP contribution >= 0.6 is 11.6 Å². The Bertz CT molecular complexity index is 1020. The van der Waals surface area contributed by atoms with Gasteiger partial charge in [-0.15, -0.1) is 29.3 Å². The molecule has 0 aliphatic carbocycles. The fraction of sp³-hybridized carbons (Fsp3) is 0.0909. The van der Waals surface area contributed by atoms with Gasteiger partial charge in [-0.1, -0.05) is 59.6 Å². The molecule has 0 aliphatic rings. The van der Waals surface area contributed by atoms with Gasteiger partial charge in [0.15, 0.2) is 0 Å². The molecule has 1 unspecified atom stereocenters. The molecule has 0 saturated heterocycles. The van der Waals surface area contributed by atoms with Crippen LogP contribution in [0.4, 0.5) is 13.2 Å². The van der Waals surface area contributed by atoms with Crippen LogP contribution in [-0.2, 0) is 6.18 Å².